The Morgan fingerprint density at radius 3 is 2.07 bits per heavy atom. The van der Waals surface area contributed by atoms with Crippen molar-refractivity contribution in [3.63, 3.8) is 0 Å². The molecule has 4 amide bonds. The number of carbonyl (C=O) groups is 5. The van der Waals surface area contributed by atoms with Gasteiger partial charge in [0.15, 0.2) is 5.78 Å². The maximum atomic E-state index is 13.0. The minimum atomic E-state index is -1.37. The number of hydrogen-bond donors (Lipinski definition) is 3. The standard InChI is InChI=1S/C20H18BFN3O4.C12H15NO2.C2H6/c21-24-15-5-6-16-13(9-15)7-8-20(16)18(27)25(19(28)29-20)11-17(26)23-10-12-1-3-14(22)4-2-12;1-3-12(15)13-8-10-4-6-11(7-5-10)9(2)14;1-2/h1-6,9,21,24H,7-8,10-11H2,(H,23,26);4-7H,3,8H2,1-2H3,(H,13,15);1-2H3. The molecule has 5 rings (SSSR count). The second kappa shape index (κ2) is 16.4. The molecule has 1 radical (unpaired) electrons. The van der Waals surface area contributed by atoms with E-state index < -0.39 is 30.1 Å². The Labute approximate surface area is 269 Å². The van der Waals surface area contributed by atoms with E-state index in [1.54, 1.807) is 36.4 Å². The van der Waals surface area contributed by atoms with Crippen LogP contribution in [0.4, 0.5) is 14.9 Å². The van der Waals surface area contributed by atoms with Gasteiger partial charge in [0.05, 0.1) is 0 Å². The van der Waals surface area contributed by atoms with Gasteiger partial charge in [0.2, 0.25) is 25.4 Å². The molecule has 1 aliphatic carbocycles. The molecular formula is C34H39BFN4O6. The van der Waals surface area contributed by atoms with Crippen LogP contribution in [0.15, 0.2) is 66.7 Å². The Morgan fingerprint density at radius 2 is 1.50 bits per heavy atom. The third-order valence-electron chi connectivity index (χ3n) is 7.44. The molecular weight excluding hydrogens is 590 g/mol. The molecule has 1 saturated heterocycles. The zero-order valence-electron chi connectivity index (χ0n) is 26.6. The molecule has 10 nitrogen and oxygen atoms in total. The van der Waals surface area contributed by atoms with E-state index in [4.69, 9.17) is 4.74 Å². The predicted molar refractivity (Wildman–Crippen MR) is 174 cm³/mol. The van der Waals surface area contributed by atoms with E-state index in [2.05, 4.69) is 23.8 Å². The van der Waals surface area contributed by atoms with Crippen molar-refractivity contribution in [1.82, 2.24) is 15.5 Å². The summed E-state index contributed by atoms with van der Waals surface area (Å²) in [5, 5.41) is 8.19. The monoisotopic (exact) mass is 629 g/mol. The van der Waals surface area contributed by atoms with Crippen LogP contribution < -0.4 is 15.9 Å². The SMILES string of the molecule is CC.CCC(=O)NCc1ccc(C(C)=O)cc1.[BH]Nc1ccc2c(c1)CCC21OC(=O)N(CC(=O)NCc2ccc(F)cc2)C1=O. The van der Waals surface area contributed by atoms with Gasteiger partial charge in [0.25, 0.3) is 5.91 Å². The minimum absolute atomic E-state index is 0.0330. The fourth-order valence-electron chi connectivity index (χ4n) is 4.95. The van der Waals surface area contributed by atoms with Crippen molar-refractivity contribution in [1.29, 1.82) is 0 Å². The number of aryl methyl sites for hydroxylation is 1. The minimum Gasteiger partial charge on any atom is -0.435 e. The van der Waals surface area contributed by atoms with Crippen LogP contribution in [0.25, 0.3) is 0 Å². The van der Waals surface area contributed by atoms with Crippen LogP contribution in [-0.4, -0.2) is 49.0 Å². The van der Waals surface area contributed by atoms with Crippen molar-refractivity contribution >= 4 is 43.3 Å². The normalized spacial score (nSPS) is 15.9. The lowest BCUT2D eigenvalue weighted by Crippen LogP contribution is -2.43. The number of hydrogen-bond acceptors (Lipinski definition) is 7. The molecule has 0 bridgehead atoms. The summed E-state index contributed by atoms with van der Waals surface area (Å²) in [4.78, 5) is 60.5. The number of halogens is 1. The topological polar surface area (TPSA) is 134 Å². The van der Waals surface area contributed by atoms with Gasteiger partial charge in [0, 0.05) is 42.7 Å². The Kier molecular flexibility index (Phi) is 12.6. The van der Waals surface area contributed by atoms with Gasteiger partial charge in [0.1, 0.15) is 12.4 Å². The van der Waals surface area contributed by atoms with E-state index in [9.17, 15) is 28.4 Å². The second-order valence-corrected chi connectivity index (χ2v) is 10.4. The number of ether oxygens (including phenoxy) is 1. The molecule has 46 heavy (non-hydrogen) atoms. The summed E-state index contributed by atoms with van der Waals surface area (Å²) in [6.07, 6.45) is 0.570. The highest BCUT2D eigenvalue weighted by Crippen LogP contribution is 2.45. The lowest BCUT2D eigenvalue weighted by Gasteiger charge is -2.20. The maximum Gasteiger partial charge on any atom is 0.418 e. The first-order valence-electron chi connectivity index (χ1n) is 15.2. The molecule has 1 fully saturated rings. The number of Topliss-reactive ketones (excluding diaryl/α,β-unsaturated/α-hetero) is 1. The zero-order chi connectivity index (χ0) is 33.9. The predicted octanol–water partition coefficient (Wildman–Crippen LogP) is 4.43. The Hall–Kier alpha value is -5.00. The van der Waals surface area contributed by atoms with Crippen molar-refractivity contribution < 1.29 is 33.1 Å². The summed E-state index contributed by atoms with van der Waals surface area (Å²) in [5.74, 6) is -1.32. The third kappa shape index (κ3) is 8.59. The number of rotatable bonds is 9. The molecule has 1 heterocycles. The maximum absolute atomic E-state index is 13.0. The van der Waals surface area contributed by atoms with Crippen LogP contribution in [0.2, 0.25) is 0 Å². The Bertz CT molecular complexity index is 1560. The highest BCUT2D eigenvalue weighted by atomic mass is 19.1. The molecule has 3 aromatic rings. The Morgan fingerprint density at radius 1 is 0.913 bits per heavy atom. The van der Waals surface area contributed by atoms with Gasteiger partial charge in [-0.3, -0.25) is 19.2 Å². The molecule has 12 heteroatoms. The van der Waals surface area contributed by atoms with Crippen LogP contribution in [0, 0.1) is 5.82 Å². The molecule has 241 valence electrons. The van der Waals surface area contributed by atoms with Crippen molar-refractivity contribution in [3.05, 3.63) is 100 Å². The van der Waals surface area contributed by atoms with Gasteiger partial charge < -0.3 is 20.6 Å². The van der Waals surface area contributed by atoms with Gasteiger partial charge >= 0.3 is 6.09 Å². The van der Waals surface area contributed by atoms with Crippen LogP contribution in [0.3, 0.4) is 0 Å². The summed E-state index contributed by atoms with van der Waals surface area (Å²) in [7, 11) is 3.61. The molecule has 1 aliphatic heterocycles. The zero-order valence-corrected chi connectivity index (χ0v) is 26.6. The average Bonchev–Trinajstić information content (AvgIpc) is 3.55. The number of imide groups is 1. The summed E-state index contributed by atoms with van der Waals surface area (Å²) in [5.41, 5.74) is 3.37. The van der Waals surface area contributed by atoms with Crippen molar-refractivity contribution in [2.45, 2.75) is 65.6 Å². The van der Waals surface area contributed by atoms with Gasteiger partial charge in [-0.1, -0.05) is 63.2 Å². The number of nitrogens with one attached hydrogen (secondary N) is 3. The number of benzene rings is 3. The van der Waals surface area contributed by atoms with E-state index in [0.29, 0.717) is 42.5 Å². The summed E-state index contributed by atoms with van der Waals surface area (Å²) in [6.45, 7) is 7.59. The van der Waals surface area contributed by atoms with Gasteiger partial charge in [-0.05, 0) is 54.3 Å². The van der Waals surface area contributed by atoms with E-state index in [1.165, 1.54) is 19.1 Å². The summed E-state index contributed by atoms with van der Waals surface area (Å²) < 4.78 is 18.4. The van der Waals surface area contributed by atoms with E-state index in [0.717, 1.165) is 21.7 Å². The van der Waals surface area contributed by atoms with E-state index >= 15 is 0 Å². The molecule has 0 aromatic heterocycles. The molecule has 3 N–H and O–H groups in total. The van der Waals surface area contributed by atoms with Crippen molar-refractivity contribution in [2.75, 3.05) is 11.8 Å². The average molecular weight is 630 g/mol. The van der Waals surface area contributed by atoms with Gasteiger partial charge in [-0.25, -0.2) is 14.1 Å². The summed E-state index contributed by atoms with van der Waals surface area (Å²) >= 11 is 0. The summed E-state index contributed by atoms with van der Waals surface area (Å²) in [6, 6.07) is 18.3. The van der Waals surface area contributed by atoms with E-state index in [-0.39, 0.29) is 24.1 Å². The number of amides is 4. The van der Waals surface area contributed by atoms with Crippen molar-refractivity contribution in [3.8, 4) is 0 Å². The largest absolute Gasteiger partial charge is 0.435 e. The first-order valence-corrected chi connectivity index (χ1v) is 15.2. The van der Waals surface area contributed by atoms with Gasteiger partial charge in [-0.2, -0.15) is 0 Å². The lowest BCUT2D eigenvalue weighted by molar-refractivity contribution is -0.139. The van der Waals surface area contributed by atoms with E-state index in [1.807, 2.05) is 39.0 Å². The second-order valence-electron chi connectivity index (χ2n) is 10.4. The molecule has 1 spiro atoms. The third-order valence-corrected chi connectivity index (χ3v) is 7.44. The molecule has 1 atom stereocenters. The molecule has 1 unspecified atom stereocenters. The van der Waals surface area contributed by atoms with Crippen molar-refractivity contribution in [2.24, 2.45) is 0 Å². The smallest absolute Gasteiger partial charge is 0.418 e. The fourth-order valence-corrected chi connectivity index (χ4v) is 4.95. The quantitative estimate of drug-likeness (QED) is 0.236. The molecule has 0 saturated carbocycles. The highest BCUT2D eigenvalue weighted by molar-refractivity contribution is 6.16. The fraction of sp³-hybridized carbons (Fsp3) is 0.324. The molecule has 3 aromatic carbocycles. The molecule has 2 aliphatic rings. The van der Waals surface area contributed by atoms with Crippen LogP contribution in [-0.2, 0) is 44.2 Å². The van der Waals surface area contributed by atoms with Crippen LogP contribution in [0.5, 0.6) is 0 Å². The number of ketones is 1. The van der Waals surface area contributed by atoms with Crippen LogP contribution in [0.1, 0.15) is 73.1 Å². The number of fused-ring (bicyclic) bond motifs is 2. The Balaban J connectivity index is 0.000000287. The first kappa shape index (κ1) is 35.5. The highest BCUT2D eigenvalue weighted by Gasteiger charge is 2.58. The number of nitrogens with zero attached hydrogens (tertiary/aromatic N) is 1. The number of carbonyl (C=O) groups excluding carboxylic acids is 5. The lowest BCUT2D eigenvalue weighted by atomic mass is 9.94. The first-order chi connectivity index (χ1) is 22.1. The van der Waals surface area contributed by atoms with Crippen LogP contribution >= 0.6 is 0 Å². The van der Waals surface area contributed by atoms with Gasteiger partial charge in [-0.15, -0.1) is 0 Å². The number of anilines is 1.